The highest BCUT2D eigenvalue weighted by Gasteiger charge is 2.51. The first kappa shape index (κ1) is 18.7. The van der Waals surface area contributed by atoms with E-state index in [2.05, 4.69) is 10.6 Å². The van der Waals surface area contributed by atoms with E-state index in [-0.39, 0.29) is 29.4 Å². The summed E-state index contributed by atoms with van der Waals surface area (Å²) in [5.41, 5.74) is -0.0878. The molecule has 0 radical (unpaired) electrons. The number of carbonyl (C=O) groups excluding carboxylic acids is 3. The Morgan fingerprint density at radius 2 is 1.44 bits per heavy atom. The third-order valence-electron chi connectivity index (χ3n) is 7.34. The minimum Gasteiger partial charge on any atom is -0.340 e. The molecule has 5 fully saturated rings. The van der Waals surface area contributed by atoms with E-state index >= 15 is 0 Å². The molecule has 0 aromatic rings. The fourth-order valence-electron chi connectivity index (χ4n) is 6.34. The molecule has 1 saturated heterocycles. The first-order chi connectivity index (χ1) is 12.8. The minimum atomic E-state index is -0.374. The maximum Gasteiger partial charge on any atom is 0.321 e. The molecule has 1 atom stereocenters. The number of urea groups is 1. The van der Waals surface area contributed by atoms with E-state index in [4.69, 9.17) is 0 Å². The Bertz CT molecular complexity index is 591. The van der Waals surface area contributed by atoms with Gasteiger partial charge in [0.15, 0.2) is 0 Å². The van der Waals surface area contributed by atoms with Gasteiger partial charge in [-0.25, -0.2) is 4.79 Å². The number of hydrogen-bond donors (Lipinski definition) is 2. The summed E-state index contributed by atoms with van der Waals surface area (Å²) < 4.78 is 0. The van der Waals surface area contributed by atoms with Crippen LogP contribution in [0, 0.1) is 17.8 Å². The molecule has 4 aliphatic carbocycles. The average molecular weight is 377 g/mol. The number of nitrogens with one attached hydrogen (secondary N) is 2. The van der Waals surface area contributed by atoms with E-state index in [1.807, 2.05) is 11.8 Å². The number of carbonyl (C=O) groups is 3. The smallest absolute Gasteiger partial charge is 0.321 e. The number of rotatable bonds is 3. The molecule has 0 unspecified atom stereocenters. The van der Waals surface area contributed by atoms with Crippen molar-refractivity contribution in [3.8, 4) is 0 Å². The van der Waals surface area contributed by atoms with Crippen molar-refractivity contribution in [3.05, 3.63) is 0 Å². The maximum atomic E-state index is 12.6. The molecule has 0 aromatic heterocycles. The van der Waals surface area contributed by atoms with Crippen LogP contribution in [0.25, 0.3) is 0 Å². The molecule has 4 amide bonds. The topological polar surface area (TPSA) is 81.8 Å². The van der Waals surface area contributed by atoms with Crippen molar-refractivity contribution in [2.24, 2.45) is 17.8 Å². The lowest BCUT2D eigenvalue weighted by Crippen LogP contribution is -2.63. The van der Waals surface area contributed by atoms with Gasteiger partial charge in [0.25, 0.3) is 0 Å². The number of piperazine rings is 1. The molecule has 27 heavy (non-hydrogen) atoms. The van der Waals surface area contributed by atoms with Crippen LogP contribution in [-0.4, -0.2) is 65.4 Å². The molecule has 2 N–H and O–H groups in total. The molecule has 1 aliphatic heterocycles. The Morgan fingerprint density at radius 1 is 0.926 bits per heavy atom. The predicted molar refractivity (Wildman–Crippen MR) is 101 cm³/mol. The van der Waals surface area contributed by atoms with Gasteiger partial charge in [0.1, 0.15) is 0 Å². The zero-order chi connectivity index (χ0) is 19.2. The number of imide groups is 1. The molecule has 0 spiro atoms. The van der Waals surface area contributed by atoms with Gasteiger partial charge in [0.05, 0.1) is 6.04 Å². The van der Waals surface area contributed by atoms with Crippen molar-refractivity contribution in [1.82, 2.24) is 20.4 Å². The minimum absolute atomic E-state index is 0.0710. The Morgan fingerprint density at radius 3 is 1.93 bits per heavy atom. The summed E-state index contributed by atoms with van der Waals surface area (Å²) in [5, 5.41) is 5.77. The van der Waals surface area contributed by atoms with E-state index in [9.17, 15) is 14.4 Å². The average Bonchev–Trinajstić information content (AvgIpc) is 2.59. The van der Waals surface area contributed by atoms with Crippen molar-refractivity contribution in [3.63, 3.8) is 0 Å². The van der Waals surface area contributed by atoms with Gasteiger partial charge in [0.2, 0.25) is 11.8 Å². The highest BCUT2D eigenvalue weighted by molar-refractivity contribution is 5.97. The third-order valence-corrected chi connectivity index (χ3v) is 7.34. The molecular weight excluding hydrogens is 344 g/mol. The highest BCUT2D eigenvalue weighted by atomic mass is 16.2. The summed E-state index contributed by atoms with van der Waals surface area (Å²) in [4.78, 5) is 40.4. The lowest BCUT2D eigenvalue weighted by atomic mass is 9.53. The van der Waals surface area contributed by atoms with Crippen LogP contribution in [0.5, 0.6) is 0 Å². The predicted octanol–water partition coefficient (Wildman–Crippen LogP) is 1.33. The van der Waals surface area contributed by atoms with E-state index in [0.29, 0.717) is 26.2 Å². The first-order valence-corrected chi connectivity index (χ1v) is 10.5. The van der Waals surface area contributed by atoms with Gasteiger partial charge in [-0.3, -0.25) is 19.8 Å². The van der Waals surface area contributed by atoms with E-state index in [0.717, 1.165) is 37.0 Å². The summed E-state index contributed by atoms with van der Waals surface area (Å²) in [5.74, 6) is 2.08. The number of hydrogen-bond acceptors (Lipinski definition) is 4. The van der Waals surface area contributed by atoms with Crippen LogP contribution in [-0.2, 0) is 9.59 Å². The Hall–Kier alpha value is -1.63. The molecule has 150 valence electrons. The van der Waals surface area contributed by atoms with Gasteiger partial charge in [-0.2, -0.15) is 0 Å². The van der Waals surface area contributed by atoms with Gasteiger partial charge in [0, 0.05) is 38.6 Å². The lowest BCUT2D eigenvalue weighted by molar-refractivity contribution is -0.132. The molecule has 1 heterocycles. The van der Waals surface area contributed by atoms with Crippen LogP contribution in [0.15, 0.2) is 0 Å². The second-order valence-electron chi connectivity index (χ2n) is 9.36. The van der Waals surface area contributed by atoms with Crippen LogP contribution < -0.4 is 10.6 Å². The molecular formula is C20H32N4O3. The molecule has 0 aromatic carbocycles. The highest BCUT2D eigenvalue weighted by Crippen LogP contribution is 2.55. The van der Waals surface area contributed by atoms with Crippen molar-refractivity contribution in [2.75, 3.05) is 26.2 Å². The van der Waals surface area contributed by atoms with Crippen LogP contribution in [0.2, 0.25) is 0 Å². The zero-order valence-electron chi connectivity index (χ0n) is 16.5. The second-order valence-corrected chi connectivity index (χ2v) is 9.36. The summed E-state index contributed by atoms with van der Waals surface area (Å²) in [6, 6.07) is -0.711. The van der Waals surface area contributed by atoms with E-state index in [1.165, 1.54) is 19.3 Å². The van der Waals surface area contributed by atoms with Crippen molar-refractivity contribution >= 4 is 17.8 Å². The quantitative estimate of drug-likeness (QED) is 0.779. The normalized spacial score (nSPS) is 36.4. The van der Waals surface area contributed by atoms with Crippen molar-refractivity contribution in [1.29, 1.82) is 0 Å². The molecule has 7 nitrogen and oxygen atoms in total. The van der Waals surface area contributed by atoms with Crippen LogP contribution >= 0.6 is 0 Å². The van der Waals surface area contributed by atoms with Gasteiger partial charge in [-0.15, -0.1) is 0 Å². The van der Waals surface area contributed by atoms with E-state index in [1.54, 1.807) is 11.8 Å². The third kappa shape index (κ3) is 3.84. The number of nitrogens with zero attached hydrogens (tertiary/aromatic N) is 2. The van der Waals surface area contributed by atoms with Gasteiger partial charge < -0.3 is 10.2 Å². The van der Waals surface area contributed by atoms with Crippen LogP contribution in [0.4, 0.5) is 4.79 Å². The zero-order valence-corrected chi connectivity index (χ0v) is 16.5. The summed E-state index contributed by atoms with van der Waals surface area (Å²) in [6.45, 7) is 5.98. The summed E-state index contributed by atoms with van der Waals surface area (Å²) in [7, 11) is 0. The Kier molecular flexibility index (Phi) is 4.91. The molecule has 4 saturated carbocycles. The SMILES string of the molecule is CC(=O)N1CCN([C@@H](C)C(=O)NC(=O)NC23CC4CC(CC(C4)C2)C3)CC1. The fraction of sp³-hybridized carbons (Fsp3) is 0.850. The lowest BCUT2D eigenvalue weighted by Gasteiger charge is -2.56. The Labute approximate surface area is 161 Å². The Balaban J connectivity index is 1.28. The van der Waals surface area contributed by atoms with Crippen molar-refractivity contribution in [2.45, 2.75) is 64.0 Å². The fourth-order valence-corrected chi connectivity index (χ4v) is 6.34. The number of amides is 4. The maximum absolute atomic E-state index is 12.6. The monoisotopic (exact) mass is 376 g/mol. The van der Waals surface area contributed by atoms with Crippen LogP contribution in [0.1, 0.15) is 52.4 Å². The van der Waals surface area contributed by atoms with Crippen molar-refractivity contribution < 1.29 is 14.4 Å². The van der Waals surface area contributed by atoms with E-state index < -0.39 is 0 Å². The summed E-state index contributed by atoms with van der Waals surface area (Å²) >= 11 is 0. The summed E-state index contributed by atoms with van der Waals surface area (Å²) in [6.07, 6.45) is 7.19. The molecule has 7 heteroatoms. The molecule has 5 aliphatic rings. The largest absolute Gasteiger partial charge is 0.340 e. The molecule has 5 rings (SSSR count). The van der Waals surface area contributed by atoms with Gasteiger partial charge >= 0.3 is 6.03 Å². The first-order valence-electron chi connectivity index (χ1n) is 10.5. The van der Waals surface area contributed by atoms with Gasteiger partial charge in [-0.05, 0) is 63.2 Å². The van der Waals surface area contributed by atoms with Gasteiger partial charge in [-0.1, -0.05) is 0 Å². The second kappa shape index (κ2) is 7.08. The van der Waals surface area contributed by atoms with Crippen LogP contribution in [0.3, 0.4) is 0 Å². The molecule has 4 bridgehead atoms. The standard InChI is InChI=1S/C20H32N4O3/c1-13(23-3-5-24(6-4-23)14(2)25)18(26)21-19(27)22-20-10-15-7-16(11-20)9-17(8-15)12-20/h13,15-17H,3-12H2,1-2H3,(H2,21,22,26,27)/t13-,15?,16?,17?,20?/m0/s1.